The normalized spacial score (nSPS) is 13.8. The molecule has 1 aliphatic rings. The van der Waals surface area contributed by atoms with E-state index in [1.54, 1.807) is 41.9 Å². The van der Waals surface area contributed by atoms with Crippen molar-refractivity contribution >= 4 is 23.1 Å². The average Bonchev–Trinajstić information content (AvgIpc) is 3.47. The van der Waals surface area contributed by atoms with Gasteiger partial charge in [-0.15, -0.1) is 5.10 Å². The van der Waals surface area contributed by atoms with Crippen molar-refractivity contribution in [3.05, 3.63) is 60.0 Å². The van der Waals surface area contributed by atoms with Gasteiger partial charge in [-0.2, -0.15) is 5.10 Å². The summed E-state index contributed by atoms with van der Waals surface area (Å²) < 4.78 is 13.6. The minimum absolute atomic E-state index is 0.190. The van der Waals surface area contributed by atoms with Gasteiger partial charge in [0, 0.05) is 43.7 Å². The van der Waals surface area contributed by atoms with E-state index in [0.29, 0.717) is 49.2 Å². The highest BCUT2D eigenvalue weighted by Gasteiger charge is 2.27. The van der Waals surface area contributed by atoms with Crippen LogP contribution in [0.2, 0.25) is 0 Å². The Hall–Kier alpha value is -4.25. The Morgan fingerprint density at radius 3 is 2.76 bits per heavy atom. The number of aryl methyl sites for hydroxylation is 1. The van der Waals surface area contributed by atoms with Crippen LogP contribution in [0.4, 0.5) is 5.69 Å². The summed E-state index contributed by atoms with van der Waals surface area (Å²) in [7, 11) is 3.24. The number of fused-ring (bicyclic) bond motifs is 1. The van der Waals surface area contributed by atoms with Crippen LogP contribution in [0.3, 0.4) is 0 Å². The van der Waals surface area contributed by atoms with Gasteiger partial charge in [-0.3, -0.25) is 14.3 Å². The monoisotopic (exact) mass is 460 g/mol. The minimum Gasteiger partial charge on any atom is -0.497 e. The number of morpholine rings is 1. The van der Waals surface area contributed by atoms with Gasteiger partial charge in [0.2, 0.25) is 0 Å². The second kappa shape index (κ2) is 8.94. The molecule has 174 valence electrons. The molecule has 1 fully saturated rings. The van der Waals surface area contributed by atoms with E-state index in [2.05, 4.69) is 20.5 Å². The lowest BCUT2D eigenvalue weighted by Gasteiger charge is -2.26. The predicted molar refractivity (Wildman–Crippen MR) is 123 cm³/mol. The van der Waals surface area contributed by atoms with Gasteiger partial charge >= 0.3 is 0 Å². The summed E-state index contributed by atoms with van der Waals surface area (Å²) in [6.45, 7) is 1.91. The van der Waals surface area contributed by atoms with E-state index in [1.165, 1.54) is 10.9 Å². The van der Waals surface area contributed by atoms with Crippen LogP contribution in [0.1, 0.15) is 20.8 Å². The Morgan fingerprint density at radius 1 is 1.15 bits per heavy atom. The van der Waals surface area contributed by atoms with Crippen molar-refractivity contribution in [3.63, 3.8) is 0 Å². The number of carbonyl (C=O) groups is 2. The maximum Gasteiger partial charge on any atom is 0.274 e. The first kappa shape index (κ1) is 21.6. The Balaban J connectivity index is 1.39. The molecule has 0 unspecified atom stereocenters. The van der Waals surface area contributed by atoms with Gasteiger partial charge in [-0.05, 0) is 18.2 Å². The largest absolute Gasteiger partial charge is 0.497 e. The zero-order valence-electron chi connectivity index (χ0n) is 18.8. The second-order valence-electron chi connectivity index (χ2n) is 7.77. The molecule has 1 saturated heterocycles. The molecule has 4 heterocycles. The van der Waals surface area contributed by atoms with Crippen LogP contribution in [0, 0.1) is 0 Å². The summed E-state index contributed by atoms with van der Waals surface area (Å²) in [4.78, 5) is 32.3. The number of rotatable bonds is 5. The van der Waals surface area contributed by atoms with Gasteiger partial charge in [0.1, 0.15) is 11.4 Å². The lowest BCUT2D eigenvalue weighted by molar-refractivity contribution is 0.0302. The number of aromatic nitrogens is 5. The van der Waals surface area contributed by atoms with Crippen molar-refractivity contribution in [2.24, 2.45) is 7.05 Å². The van der Waals surface area contributed by atoms with Crippen molar-refractivity contribution in [1.29, 1.82) is 0 Å². The van der Waals surface area contributed by atoms with Gasteiger partial charge in [-0.25, -0.2) is 9.50 Å². The Bertz CT molecular complexity index is 1370. The fraction of sp³-hybridized carbons (Fsp3) is 0.261. The third kappa shape index (κ3) is 4.08. The number of nitrogens with one attached hydrogen (secondary N) is 1. The fourth-order valence-electron chi connectivity index (χ4n) is 3.83. The van der Waals surface area contributed by atoms with Crippen molar-refractivity contribution in [3.8, 4) is 17.1 Å². The second-order valence-corrected chi connectivity index (χ2v) is 7.77. The Labute approximate surface area is 194 Å². The molecule has 0 radical (unpaired) electrons. The number of pyridine rings is 1. The van der Waals surface area contributed by atoms with Gasteiger partial charge in [-0.1, -0.05) is 12.1 Å². The lowest BCUT2D eigenvalue weighted by Crippen LogP contribution is -2.41. The molecule has 11 heteroatoms. The summed E-state index contributed by atoms with van der Waals surface area (Å²) in [5.41, 5.74) is 2.34. The Morgan fingerprint density at radius 2 is 1.97 bits per heavy atom. The molecule has 34 heavy (non-hydrogen) atoms. The molecule has 0 saturated carbocycles. The molecule has 11 nitrogen and oxygen atoms in total. The number of hydrogen-bond acceptors (Lipinski definition) is 7. The first-order chi connectivity index (χ1) is 16.5. The molecule has 1 aliphatic heterocycles. The molecule has 3 aromatic heterocycles. The van der Waals surface area contributed by atoms with Crippen LogP contribution < -0.4 is 10.1 Å². The van der Waals surface area contributed by atoms with E-state index in [1.807, 2.05) is 24.3 Å². The number of carbonyl (C=O) groups excluding carboxylic acids is 2. The van der Waals surface area contributed by atoms with Gasteiger partial charge in [0.15, 0.2) is 11.5 Å². The SMILES string of the molecule is COc1cccc(-c2nc3cc(NC(=O)c4c(C(=O)N5CCOCC5)cnn4[11CH3])ccn3n2)c1. The smallest absolute Gasteiger partial charge is 0.274 e. The number of anilines is 1. The zero-order valence-corrected chi connectivity index (χ0v) is 18.8. The van der Waals surface area contributed by atoms with Crippen LogP contribution in [-0.2, 0) is 11.8 Å². The lowest BCUT2D eigenvalue weighted by atomic mass is 10.2. The summed E-state index contributed by atoms with van der Waals surface area (Å²) in [5.74, 6) is 0.571. The van der Waals surface area contributed by atoms with Crippen molar-refractivity contribution in [1.82, 2.24) is 29.3 Å². The average molecular weight is 460 g/mol. The Kier molecular flexibility index (Phi) is 5.68. The van der Waals surface area contributed by atoms with Crippen LogP contribution >= 0.6 is 0 Å². The summed E-state index contributed by atoms with van der Waals surface area (Å²) >= 11 is 0. The molecule has 4 aromatic rings. The maximum atomic E-state index is 13.1. The van der Waals surface area contributed by atoms with Crippen molar-refractivity contribution in [2.75, 3.05) is 38.7 Å². The van der Waals surface area contributed by atoms with Crippen LogP contribution in [0.25, 0.3) is 17.0 Å². The zero-order chi connectivity index (χ0) is 23.7. The number of methoxy groups -OCH3 is 1. The van der Waals surface area contributed by atoms with Gasteiger partial charge in [0.05, 0.1) is 32.1 Å². The number of ether oxygens (including phenoxy) is 2. The number of benzene rings is 1. The number of hydrogen-bond donors (Lipinski definition) is 1. The van der Waals surface area contributed by atoms with E-state index in [9.17, 15) is 9.59 Å². The van der Waals surface area contributed by atoms with E-state index in [-0.39, 0.29) is 17.2 Å². The number of amides is 2. The number of nitrogens with zero attached hydrogens (tertiary/aromatic N) is 6. The highest BCUT2D eigenvalue weighted by Crippen LogP contribution is 2.23. The quantitative estimate of drug-likeness (QED) is 0.483. The fourth-order valence-corrected chi connectivity index (χ4v) is 3.83. The van der Waals surface area contributed by atoms with E-state index >= 15 is 0 Å². The third-order valence-electron chi connectivity index (χ3n) is 5.61. The topological polar surface area (TPSA) is 116 Å². The van der Waals surface area contributed by atoms with Gasteiger partial charge < -0.3 is 19.7 Å². The minimum atomic E-state index is -0.437. The highest BCUT2D eigenvalue weighted by atomic mass is 16.5. The third-order valence-corrected chi connectivity index (χ3v) is 5.61. The molecule has 0 bridgehead atoms. The highest BCUT2D eigenvalue weighted by molar-refractivity contribution is 6.11. The molecule has 5 rings (SSSR count). The van der Waals surface area contributed by atoms with E-state index in [0.717, 1.165) is 5.56 Å². The summed E-state index contributed by atoms with van der Waals surface area (Å²) in [6, 6.07) is 10.9. The molecule has 1 aromatic carbocycles. The first-order valence-corrected chi connectivity index (χ1v) is 10.7. The van der Waals surface area contributed by atoms with E-state index in [4.69, 9.17) is 9.47 Å². The standard InChI is InChI=1S/C23H23N7O4/c1-28-20(18(14-24-28)23(32)29-8-10-34-11-9-29)22(31)25-16-6-7-30-19(13-16)26-21(27-30)15-4-3-5-17(12-15)33-2/h3-7,12-14H,8-11H2,1-2H3,(H,25,31)/i1-1. The van der Waals surface area contributed by atoms with Crippen LogP contribution in [-0.4, -0.2) is 74.5 Å². The summed E-state index contributed by atoms with van der Waals surface area (Å²) in [5, 5.41) is 11.5. The molecule has 0 atom stereocenters. The maximum absolute atomic E-state index is 13.1. The first-order valence-electron chi connectivity index (χ1n) is 10.7. The summed E-state index contributed by atoms with van der Waals surface area (Å²) in [6.07, 6.45) is 3.14. The van der Waals surface area contributed by atoms with Crippen molar-refractivity contribution in [2.45, 2.75) is 0 Å². The van der Waals surface area contributed by atoms with Crippen LogP contribution in [0.15, 0.2) is 48.8 Å². The molecule has 0 aliphatic carbocycles. The molecular formula is C23H23N7O4. The molecule has 1 N–H and O–H groups in total. The van der Waals surface area contributed by atoms with Crippen molar-refractivity contribution < 1.29 is 19.1 Å². The molecule has 2 amide bonds. The van der Waals surface area contributed by atoms with Crippen LogP contribution in [0.5, 0.6) is 5.75 Å². The molecule has 0 spiro atoms. The van der Waals surface area contributed by atoms with E-state index < -0.39 is 5.91 Å². The predicted octanol–water partition coefficient (Wildman–Crippen LogP) is 1.86. The molecular weight excluding hydrogens is 437 g/mol. The van der Waals surface area contributed by atoms with Gasteiger partial charge in [0.25, 0.3) is 11.8 Å².